The molecule has 2 aromatic carbocycles. The summed E-state index contributed by atoms with van der Waals surface area (Å²) in [6.07, 6.45) is 0. The lowest BCUT2D eigenvalue weighted by atomic mass is 10.1. The molecule has 0 saturated carbocycles. The zero-order chi connectivity index (χ0) is 19.1. The molecule has 3 aromatic rings. The van der Waals surface area contributed by atoms with Gasteiger partial charge < -0.3 is 14.6 Å². The molecule has 0 spiro atoms. The molecule has 148 valence electrons. The van der Waals surface area contributed by atoms with Gasteiger partial charge in [-0.25, -0.2) is 4.98 Å². The average molecular weight is 418 g/mol. The van der Waals surface area contributed by atoms with Crippen LogP contribution in [-0.2, 0) is 4.79 Å². The van der Waals surface area contributed by atoms with Crippen LogP contribution in [0, 0.1) is 0 Å². The Hall–Kier alpha value is -2.28. The average Bonchev–Trinajstić information content (AvgIpc) is 3.12. The first-order valence-corrected chi connectivity index (χ1v) is 9.78. The number of amides is 1. The minimum absolute atomic E-state index is 0. The van der Waals surface area contributed by atoms with Gasteiger partial charge in [0.2, 0.25) is 5.91 Å². The van der Waals surface area contributed by atoms with Crippen molar-refractivity contribution in [1.82, 2.24) is 15.2 Å². The molecule has 1 heterocycles. The highest BCUT2D eigenvalue weighted by Crippen LogP contribution is 2.35. The lowest BCUT2D eigenvalue weighted by Crippen LogP contribution is -2.32. The van der Waals surface area contributed by atoms with E-state index in [4.69, 9.17) is 4.42 Å². The first-order valence-electron chi connectivity index (χ1n) is 8.79. The van der Waals surface area contributed by atoms with Crippen molar-refractivity contribution in [3.8, 4) is 22.6 Å². The van der Waals surface area contributed by atoms with Crippen LogP contribution in [-0.4, -0.2) is 48.7 Å². The summed E-state index contributed by atoms with van der Waals surface area (Å²) in [5.74, 6) is 0.969. The largest absolute Gasteiger partial charge is 0.431 e. The molecule has 0 aliphatic heterocycles. The Morgan fingerprint density at radius 1 is 1.04 bits per heavy atom. The molecule has 0 fully saturated rings. The van der Waals surface area contributed by atoms with Gasteiger partial charge in [0.1, 0.15) is 5.69 Å². The molecule has 0 bridgehead atoms. The minimum Gasteiger partial charge on any atom is -0.431 e. The van der Waals surface area contributed by atoms with Crippen LogP contribution in [0.4, 0.5) is 0 Å². The van der Waals surface area contributed by atoms with Crippen molar-refractivity contribution in [2.45, 2.75) is 5.22 Å². The number of hydrogen-bond acceptors (Lipinski definition) is 5. The van der Waals surface area contributed by atoms with E-state index in [1.165, 1.54) is 11.8 Å². The molecule has 0 unspecified atom stereocenters. The number of hydrogen-bond donors (Lipinski definition) is 1. The van der Waals surface area contributed by atoms with Crippen LogP contribution in [0.5, 0.6) is 0 Å². The number of nitrogens with zero attached hydrogens (tertiary/aromatic N) is 2. The van der Waals surface area contributed by atoms with Crippen molar-refractivity contribution in [3.05, 3.63) is 60.7 Å². The Labute approximate surface area is 175 Å². The highest BCUT2D eigenvalue weighted by molar-refractivity contribution is 7.99. The second kappa shape index (κ2) is 10.9. The summed E-state index contributed by atoms with van der Waals surface area (Å²) in [5.41, 5.74) is 2.74. The monoisotopic (exact) mass is 417 g/mol. The molecule has 0 aliphatic carbocycles. The van der Waals surface area contributed by atoms with E-state index < -0.39 is 0 Å². The van der Waals surface area contributed by atoms with Crippen molar-refractivity contribution < 1.29 is 9.21 Å². The Bertz CT molecular complexity index is 813. The summed E-state index contributed by atoms with van der Waals surface area (Å²) in [5, 5.41) is 3.39. The van der Waals surface area contributed by atoms with Crippen molar-refractivity contribution >= 4 is 30.1 Å². The fraction of sp³-hybridized carbons (Fsp3) is 0.238. The molecule has 0 radical (unpaired) electrons. The molecule has 28 heavy (non-hydrogen) atoms. The molecule has 0 saturated heterocycles. The van der Waals surface area contributed by atoms with Gasteiger partial charge in [-0.05, 0) is 14.1 Å². The van der Waals surface area contributed by atoms with Crippen molar-refractivity contribution in [2.24, 2.45) is 0 Å². The fourth-order valence-corrected chi connectivity index (χ4v) is 3.19. The lowest BCUT2D eigenvalue weighted by Gasteiger charge is -2.09. The van der Waals surface area contributed by atoms with Crippen LogP contribution in [0.3, 0.4) is 0 Å². The quantitative estimate of drug-likeness (QED) is 0.556. The van der Waals surface area contributed by atoms with Gasteiger partial charge in [-0.2, -0.15) is 0 Å². The molecule has 1 amide bonds. The number of halogens is 1. The second-order valence-electron chi connectivity index (χ2n) is 6.33. The van der Waals surface area contributed by atoms with Gasteiger partial charge in [0.25, 0.3) is 5.22 Å². The van der Waals surface area contributed by atoms with E-state index in [0.717, 1.165) is 29.1 Å². The third-order valence-electron chi connectivity index (χ3n) is 3.90. The molecule has 1 aromatic heterocycles. The summed E-state index contributed by atoms with van der Waals surface area (Å²) >= 11 is 1.31. The van der Waals surface area contributed by atoms with Crippen molar-refractivity contribution in [1.29, 1.82) is 0 Å². The topological polar surface area (TPSA) is 58.4 Å². The third kappa shape index (κ3) is 6.12. The third-order valence-corrected chi connectivity index (χ3v) is 4.73. The maximum absolute atomic E-state index is 12.0. The fourth-order valence-electron chi connectivity index (χ4n) is 2.54. The van der Waals surface area contributed by atoms with E-state index in [-0.39, 0.29) is 24.1 Å². The number of rotatable bonds is 8. The standard InChI is InChI=1S/C21H23N3O2S.ClH/c1-24(2)14-13-22-18(25)15-27-21-23-19(16-9-5-3-6-10-16)20(26-21)17-11-7-4-8-12-17;/h3-12H,13-15H2,1-2H3,(H,22,25);1H. The van der Waals surface area contributed by atoms with E-state index in [0.29, 0.717) is 11.8 Å². The minimum atomic E-state index is -0.0254. The predicted molar refractivity (Wildman–Crippen MR) is 117 cm³/mol. The zero-order valence-corrected chi connectivity index (χ0v) is 17.6. The normalized spacial score (nSPS) is 10.5. The molecular formula is C21H24ClN3O2S. The Morgan fingerprint density at radius 2 is 1.64 bits per heavy atom. The number of nitrogens with one attached hydrogen (secondary N) is 1. The van der Waals surface area contributed by atoms with Gasteiger partial charge >= 0.3 is 0 Å². The maximum atomic E-state index is 12.0. The molecule has 0 aliphatic rings. The van der Waals surface area contributed by atoms with Crippen LogP contribution in [0.15, 0.2) is 70.3 Å². The molecule has 5 nitrogen and oxygen atoms in total. The number of likely N-dealkylation sites (N-methyl/N-ethyl adjacent to an activating group) is 1. The van der Waals surface area contributed by atoms with Gasteiger partial charge in [-0.1, -0.05) is 72.4 Å². The maximum Gasteiger partial charge on any atom is 0.257 e. The number of oxazole rings is 1. The summed E-state index contributed by atoms with van der Waals surface area (Å²) in [4.78, 5) is 18.7. The van der Waals surface area contributed by atoms with Gasteiger partial charge in [0.15, 0.2) is 5.76 Å². The molecule has 1 N–H and O–H groups in total. The number of benzene rings is 2. The molecular weight excluding hydrogens is 394 g/mol. The number of aromatic nitrogens is 1. The highest BCUT2D eigenvalue weighted by Gasteiger charge is 2.17. The van der Waals surface area contributed by atoms with E-state index >= 15 is 0 Å². The second-order valence-corrected chi connectivity index (χ2v) is 7.26. The Kier molecular flexibility index (Phi) is 8.57. The first-order chi connectivity index (χ1) is 13.1. The summed E-state index contributed by atoms with van der Waals surface area (Å²) in [6.45, 7) is 1.44. The van der Waals surface area contributed by atoms with Crippen molar-refractivity contribution in [2.75, 3.05) is 32.9 Å². The van der Waals surface area contributed by atoms with Crippen LogP contribution >= 0.6 is 24.2 Å². The van der Waals surface area contributed by atoms with E-state index in [2.05, 4.69) is 10.3 Å². The van der Waals surface area contributed by atoms with Gasteiger partial charge in [0, 0.05) is 24.2 Å². The Balaban J connectivity index is 0.00000280. The van der Waals surface area contributed by atoms with Crippen LogP contribution in [0.1, 0.15) is 0 Å². The zero-order valence-electron chi connectivity index (χ0n) is 15.9. The first kappa shape index (κ1) is 22.0. The predicted octanol–water partition coefficient (Wildman–Crippen LogP) is 4.20. The van der Waals surface area contributed by atoms with Crippen LogP contribution < -0.4 is 5.32 Å². The SMILES string of the molecule is CN(C)CCNC(=O)CSc1nc(-c2ccccc2)c(-c2ccccc2)o1.Cl. The van der Waals surface area contributed by atoms with Gasteiger partial charge in [0.05, 0.1) is 5.75 Å². The highest BCUT2D eigenvalue weighted by atomic mass is 35.5. The molecule has 3 rings (SSSR count). The van der Waals surface area contributed by atoms with Crippen LogP contribution in [0.2, 0.25) is 0 Å². The van der Waals surface area contributed by atoms with Gasteiger partial charge in [-0.15, -0.1) is 12.4 Å². The van der Waals surface area contributed by atoms with E-state index in [1.807, 2.05) is 79.7 Å². The van der Waals surface area contributed by atoms with Crippen molar-refractivity contribution in [3.63, 3.8) is 0 Å². The smallest absolute Gasteiger partial charge is 0.257 e. The number of carbonyl (C=O) groups excluding carboxylic acids is 1. The molecule has 7 heteroatoms. The number of carbonyl (C=O) groups is 1. The van der Waals surface area contributed by atoms with E-state index in [1.54, 1.807) is 0 Å². The van der Waals surface area contributed by atoms with Crippen LogP contribution in [0.25, 0.3) is 22.6 Å². The van der Waals surface area contributed by atoms with Gasteiger partial charge in [-0.3, -0.25) is 4.79 Å². The van der Waals surface area contributed by atoms with E-state index in [9.17, 15) is 4.79 Å². The number of thioether (sulfide) groups is 1. The summed E-state index contributed by atoms with van der Waals surface area (Å²) in [7, 11) is 3.95. The molecule has 0 atom stereocenters. The Morgan fingerprint density at radius 3 is 2.25 bits per heavy atom. The summed E-state index contributed by atoms with van der Waals surface area (Å²) in [6, 6.07) is 19.8. The summed E-state index contributed by atoms with van der Waals surface area (Å²) < 4.78 is 6.01. The lowest BCUT2D eigenvalue weighted by molar-refractivity contribution is -0.118.